The van der Waals surface area contributed by atoms with Gasteiger partial charge in [-0.15, -0.1) is 0 Å². The van der Waals surface area contributed by atoms with E-state index in [1.54, 1.807) is 0 Å². The quantitative estimate of drug-likeness (QED) is 0.753. The van der Waals surface area contributed by atoms with E-state index in [0.717, 1.165) is 31.8 Å². The van der Waals surface area contributed by atoms with Crippen molar-refractivity contribution < 1.29 is 9.53 Å². The summed E-state index contributed by atoms with van der Waals surface area (Å²) in [5.74, 6) is 1.33. The van der Waals surface area contributed by atoms with E-state index < -0.39 is 0 Å². The summed E-state index contributed by atoms with van der Waals surface area (Å²) in [7, 11) is 1.45. The molecule has 0 spiro atoms. The molecule has 1 saturated carbocycles. The highest BCUT2D eigenvalue weighted by atomic mass is 16.5. The molecule has 1 aliphatic carbocycles. The summed E-state index contributed by atoms with van der Waals surface area (Å²) in [6.45, 7) is 4.45. The number of hydrogen-bond acceptors (Lipinski definition) is 4. The van der Waals surface area contributed by atoms with Crippen molar-refractivity contribution in [1.82, 2.24) is 4.90 Å². The van der Waals surface area contributed by atoms with Gasteiger partial charge in [0, 0.05) is 31.6 Å². The monoisotopic (exact) mass is 254 g/mol. The zero-order chi connectivity index (χ0) is 13.1. The van der Waals surface area contributed by atoms with Crippen LogP contribution in [0.1, 0.15) is 39.0 Å². The van der Waals surface area contributed by atoms with Gasteiger partial charge >= 0.3 is 5.97 Å². The van der Waals surface area contributed by atoms with E-state index in [0.29, 0.717) is 18.4 Å². The number of piperidine rings is 1. The summed E-state index contributed by atoms with van der Waals surface area (Å²) < 4.78 is 4.71. The Bertz CT molecular complexity index is 292. The second-order valence-electron chi connectivity index (χ2n) is 6.01. The minimum absolute atomic E-state index is 0.101. The molecule has 0 aromatic rings. The molecule has 4 nitrogen and oxygen atoms in total. The highest BCUT2D eigenvalue weighted by Gasteiger charge is 2.35. The van der Waals surface area contributed by atoms with E-state index in [4.69, 9.17) is 10.5 Å². The molecule has 0 bridgehead atoms. The molecular weight excluding hydrogens is 228 g/mol. The van der Waals surface area contributed by atoms with Crippen molar-refractivity contribution in [2.75, 3.05) is 20.2 Å². The van der Waals surface area contributed by atoms with Crippen LogP contribution in [0.25, 0.3) is 0 Å². The molecule has 1 saturated heterocycles. The van der Waals surface area contributed by atoms with Crippen LogP contribution in [-0.2, 0) is 9.53 Å². The van der Waals surface area contributed by atoms with Crippen LogP contribution in [0.2, 0.25) is 0 Å². The Labute approximate surface area is 110 Å². The van der Waals surface area contributed by atoms with Gasteiger partial charge in [-0.05, 0) is 44.4 Å². The van der Waals surface area contributed by atoms with Crippen LogP contribution in [0, 0.1) is 11.8 Å². The third-order valence-electron chi connectivity index (χ3n) is 4.46. The molecule has 2 aliphatic rings. The van der Waals surface area contributed by atoms with E-state index in [1.807, 2.05) is 0 Å². The van der Waals surface area contributed by atoms with Gasteiger partial charge in [-0.1, -0.05) is 0 Å². The van der Waals surface area contributed by atoms with Gasteiger partial charge in [-0.2, -0.15) is 0 Å². The van der Waals surface area contributed by atoms with E-state index in [9.17, 15) is 4.79 Å². The van der Waals surface area contributed by atoms with E-state index in [1.165, 1.54) is 20.0 Å². The maximum atomic E-state index is 11.2. The van der Waals surface area contributed by atoms with Gasteiger partial charge in [-0.25, -0.2) is 0 Å². The Hall–Kier alpha value is -0.610. The number of nitrogens with two attached hydrogens (primary N) is 1. The summed E-state index contributed by atoms with van der Waals surface area (Å²) >= 11 is 0. The fourth-order valence-electron chi connectivity index (χ4n) is 3.13. The summed E-state index contributed by atoms with van der Waals surface area (Å²) in [6.07, 6.45) is 5.23. The van der Waals surface area contributed by atoms with Crippen molar-refractivity contribution in [3.63, 3.8) is 0 Å². The first kappa shape index (κ1) is 13.8. The number of methoxy groups -OCH3 is 1. The molecule has 4 heteroatoms. The molecule has 0 amide bonds. The van der Waals surface area contributed by atoms with Crippen molar-refractivity contribution in [2.45, 2.75) is 51.1 Å². The number of carbonyl (C=O) groups is 1. The van der Waals surface area contributed by atoms with Crippen LogP contribution < -0.4 is 5.73 Å². The smallest absolute Gasteiger partial charge is 0.305 e. The van der Waals surface area contributed by atoms with Gasteiger partial charge < -0.3 is 10.5 Å². The zero-order valence-electron chi connectivity index (χ0n) is 11.6. The third-order valence-corrected chi connectivity index (χ3v) is 4.46. The fourth-order valence-corrected chi connectivity index (χ4v) is 3.13. The Balaban J connectivity index is 1.81. The zero-order valence-corrected chi connectivity index (χ0v) is 11.6. The lowest BCUT2D eigenvalue weighted by atomic mass is 9.89. The standard InChI is InChI=1S/C14H26N2O2/c1-10(12-4-5-12)16-8-11(7-13(15)9-16)3-6-14(17)18-2/h10-13H,3-9,15H2,1-2H3. The van der Waals surface area contributed by atoms with Crippen LogP contribution >= 0.6 is 0 Å². The molecule has 1 heterocycles. The van der Waals surface area contributed by atoms with Gasteiger partial charge in [-0.3, -0.25) is 9.69 Å². The Morgan fingerprint density at radius 1 is 1.44 bits per heavy atom. The number of likely N-dealkylation sites (tertiary alicyclic amines) is 1. The first-order valence-corrected chi connectivity index (χ1v) is 7.16. The lowest BCUT2D eigenvalue weighted by Crippen LogP contribution is -2.51. The van der Waals surface area contributed by atoms with Crippen LogP contribution in [0.15, 0.2) is 0 Å². The average molecular weight is 254 g/mol. The molecule has 0 aromatic heterocycles. The second-order valence-corrected chi connectivity index (χ2v) is 6.01. The molecule has 18 heavy (non-hydrogen) atoms. The van der Waals surface area contributed by atoms with Crippen LogP contribution in [0.4, 0.5) is 0 Å². The summed E-state index contributed by atoms with van der Waals surface area (Å²) in [4.78, 5) is 13.7. The summed E-state index contributed by atoms with van der Waals surface area (Å²) in [5.41, 5.74) is 6.15. The van der Waals surface area contributed by atoms with Gasteiger partial charge in [0.25, 0.3) is 0 Å². The summed E-state index contributed by atoms with van der Waals surface area (Å²) in [6, 6.07) is 0.930. The summed E-state index contributed by atoms with van der Waals surface area (Å²) in [5, 5.41) is 0. The van der Waals surface area contributed by atoms with E-state index in [-0.39, 0.29) is 12.0 Å². The van der Waals surface area contributed by atoms with Crippen LogP contribution in [0.5, 0.6) is 0 Å². The van der Waals surface area contributed by atoms with Gasteiger partial charge in [0.1, 0.15) is 0 Å². The van der Waals surface area contributed by atoms with Gasteiger partial charge in [0.05, 0.1) is 7.11 Å². The Kier molecular flexibility index (Phi) is 4.62. The Morgan fingerprint density at radius 3 is 2.78 bits per heavy atom. The Morgan fingerprint density at radius 2 is 2.17 bits per heavy atom. The molecule has 2 N–H and O–H groups in total. The number of esters is 1. The van der Waals surface area contributed by atoms with Crippen molar-refractivity contribution in [3.05, 3.63) is 0 Å². The molecule has 3 unspecified atom stereocenters. The minimum atomic E-state index is -0.101. The maximum Gasteiger partial charge on any atom is 0.305 e. The van der Waals surface area contributed by atoms with Crippen LogP contribution in [-0.4, -0.2) is 43.2 Å². The third kappa shape index (κ3) is 3.69. The highest BCUT2D eigenvalue weighted by molar-refractivity contribution is 5.69. The maximum absolute atomic E-state index is 11.2. The van der Waals surface area contributed by atoms with Crippen LogP contribution in [0.3, 0.4) is 0 Å². The number of nitrogens with zero attached hydrogens (tertiary/aromatic N) is 1. The highest BCUT2D eigenvalue weighted by Crippen LogP contribution is 2.36. The number of rotatable bonds is 5. The van der Waals surface area contributed by atoms with Gasteiger partial charge in [0.2, 0.25) is 0 Å². The lowest BCUT2D eigenvalue weighted by Gasteiger charge is -2.40. The predicted molar refractivity (Wildman–Crippen MR) is 71.1 cm³/mol. The minimum Gasteiger partial charge on any atom is -0.469 e. The predicted octanol–water partition coefficient (Wildman–Crippen LogP) is 1.39. The average Bonchev–Trinajstić information content (AvgIpc) is 3.18. The van der Waals surface area contributed by atoms with Gasteiger partial charge in [0.15, 0.2) is 0 Å². The first-order valence-electron chi connectivity index (χ1n) is 7.16. The molecule has 1 aliphatic heterocycles. The number of hydrogen-bond donors (Lipinski definition) is 1. The van der Waals surface area contributed by atoms with E-state index >= 15 is 0 Å². The second kappa shape index (κ2) is 6.02. The largest absolute Gasteiger partial charge is 0.469 e. The molecule has 0 radical (unpaired) electrons. The van der Waals surface area contributed by atoms with Crippen molar-refractivity contribution >= 4 is 5.97 Å². The lowest BCUT2D eigenvalue weighted by molar-refractivity contribution is -0.141. The number of ether oxygens (including phenoxy) is 1. The number of carbonyl (C=O) groups excluding carboxylic acids is 1. The molecule has 2 fully saturated rings. The normalized spacial score (nSPS) is 31.1. The SMILES string of the molecule is COC(=O)CCC1CC(N)CN(C(C)C2CC2)C1. The molecule has 3 atom stereocenters. The van der Waals surface area contributed by atoms with Crippen molar-refractivity contribution in [3.8, 4) is 0 Å². The van der Waals surface area contributed by atoms with E-state index in [2.05, 4.69) is 11.8 Å². The first-order chi connectivity index (χ1) is 8.60. The molecular formula is C14H26N2O2. The molecule has 104 valence electrons. The topological polar surface area (TPSA) is 55.6 Å². The molecule has 0 aromatic carbocycles. The molecule has 2 rings (SSSR count). The fraction of sp³-hybridized carbons (Fsp3) is 0.929. The van der Waals surface area contributed by atoms with Crippen molar-refractivity contribution in [2.24, 2.45) is 17.6 Å². The van der Waals surface area contributed by atoms with Crippen molar-refractivity contribution in [1.29, 1.82) is 0 Å².